The van der Waals surface area contributed by atoms with Gasteiger partial charge in [0.15, 0.2) is 0 Å². The summed E-state index contributed by atoms with van der Waals surface area (Å²) in [5.41, 5.74) is 0.442. The van der Waals surface area contributed by atoms with Crippen LogP contribution in [0.3, 0.4) is 0 Å². The molecule has 0 saturated carbocycles. The van der Waals surface area contributed by atoms with E-state index in [0.717, 1.165) is 0 Å². The SMILES string of the molecule is O=C1OCc2c1c(O)c1ccccc1c2O. The molecule has 4 heteroatoms. The van der Waals surface area contributed by atoms with Crippen LogP contribution in [-0.4, -0.2) is 16.2 Å². The highest BCUT2D eigenvalue weighted by atomic mass is 16.5. The number of rotatable bonds is 0. The molecule has 0 atom stereocenters. The summed E-state index contributed by atoms with van der Waals surface area (Å²) in [6, 6.07) is 6.82. The van der Waals surface area contributed by atoms with Crippen molar-refractivity contribution in [1.29, 1.82) is 0 Å². The van der Waals surface area contributed by atoms with Crippen molar-refractivity contribution in [3.63, 3.8) is 0 Å². The molecule has 1 aliphatic rings. The molecule has 2 aromatic rings. The van der Waals surface area contributed by atoms with Crippen molar-refractivity contribution in [3.05, 3.63) is 35.4 Å². The second kappa shape index (κ2) is 2.88. The van der Waals surface area contributed by atoms with E-state index in [4.69, 9.17) is 4.74 Å². The fourth-order valence-electron chi connectivity index (χ4n) is 2.02. The van der Waals surface area contributed by atoms with Crippen LogP contribution in [0, 0.1) is 0 Å². The first-order valence-corrected chi connectivity index (χ1v) is 4.83. The van der Waals surface area contributed by atoms with E-state index in [0.29, 0.717) is 16.3 Å². The van der Waals surface area contributed by atoms with Crippen LogP contribution < -0.4 is 0 Å². The first-order valence-electron chi connectivity index (χ1n) is 4.83. The Kier molecular flexibility index (Phi) is 1.63. The van der Waals surface area contributed by atoms with Crippen LogP contribution in [-0.2, 0) is 11.3 Å². The highest BCUT2D eigenvalue weighted by Gasteiger charge is 2.30. The molecule has 0 aliphatic carbocycles. The Hall–Kier alpha value is -2.23. The third-order valence-corrected chi connectivity index (χ3v) is 2.81. The summed E-state index contributed by atoms with van der Waals surface area (Å²) in [5, 5.41) is 20.9. The summed E-state index contributed by atoms with van der Waals surface area (Å²) in [7, 11) is 0. The number of carbonyl (C=O) groups excluding carboxylic acids is 1. The molecule has 2 N–H and O–H groups in total. The van der Waals surface area contributed by atoms with E-state index in [1.54, 1.807) is 24.3 Å². The Morgan fingerprint density at radius 2 is 1.69 bits per heavy atom. The number of hydrogen-bond acceptors (Lipinski definition) is 4. The van der Waals surface area contributed by atoms with E-state index in [1.165, 1.54) is 0 Å². The molecule has 16 heavy (non-hydrogen) atoms. The number of aromatic hydroxyl groups is 2. The molecule has 3 rings (SSSR count). The highest BCUT2D eigenvalue weighted by molar-refractivity contribution is 6.07. The minimum Gasteiger partial charge on any atom is -0.507 e. The van der Waals surface area contributed by atoms with Crippen LogP contribution in [0.25, 0.3) is 10.8 Å². The van der Waals surface area contributed by atoms with E-state index in [9.17, 15) is 15.0 Å². The number of phenols is 2. The van der Waals surface area contributed by atoms with Crippen molar-refractivity contribution >= 4 is 16.7 Å². The van der Waals surface area contributed by atoms with Gasteiger partial charge in [-0.05, 0) is 0 Å². The molecule has 0 radical (unpaired) electrons. The molecule has 0 saturated heterocycles. The minimum atomic E-state index is -0.589. The lowest BCUT2D eigenvalue weighted by molar-refractivity contribution is 0.0532. The number of cyclic esters (lactones) is 1. The summed E-state index contributed by atoms with van der Waals surface area (Å²) in [4.78, 5) is 11.4. The molecule has 0 amide bonds. The van der Waals surface area contributed by atoms with Gasteiger partial charge in [0.25, 0.3) is 0 Å². The minimum absolute atomic E-state index is 0.00856. The summed E-state index contributed by atoms with van der Waals surface area (Å²) in [6.45, 7) is 0.0123. The first-order chi connectivity index (χ1) is 7.70. The van der Waals surface area contributed by atoms with Gasteiger partial charge in [0.05, 0.1) is 5.56 Å². The van der Waals surface area contributed by atoms with Gasteiger partial charge in [-0.1, -0.05) is 24.3 Å². The molecule has 1 aliphatic heterocycles. The predicted molar refractivity (Wildman–Crippen MR) is 56.4 cm³/mol. The lowest BCUT2D eigenvalue weighted by atomic mass is 9.99. The number of fused-ring (bicyclic) bond motifs is 2. The maximum atomic E-state index is 11.4. The number of hydrogen-bond donors (Lipinski definition) is 2. The molecule has 0 aromatic heterocycles. The molecule has 0 bridgehead atoms. The van der Waals surface area contributed by atoms with Gasteiger partial charge in [0.2, 0.25) is 0 Å². The quantitative estimate of drug-likeness (QED) is 0.521. The lowest BCUT2D eigenvalue weighted by Gasteiger charge is -2.07. The monoisotopic (exact) mass is 216 g/mol. The Bertz CT molecular complexity index is 616. The highest BCUT2D eigenvalue weighted by Crippen LogP contribution is 2.42. The number of carbonyl (C=O) groups is 1. The zero-order valence-electron chi connectivity index (χ0n) is 8.23. The summed E-state index contributed by atoms with van der Waals surface area (Å²) in [5.74, 6) is -0.700. The molecule has 1 heterocycles. The molecule has 0 fully saturated rings. The third kappa shape index (κ3) is 0.957. The van der Waals surface area contributed by atoms with Gasteiger partial charge in [0.1, 0.15) is 23.7 Å². The van der Waals surface area contributed by atoms with Gasteiger partial charge in [-0.3, -0.25) is 0 Å². The molecule has 2 aromatic carbocycles. The van der Waals surface area contributed by atoms with Gasteiger partial charge < -0.3 is 14.9 Å². The lowest BCUT2D eigenvalue weighted by Crippen LogP contribution is -1.95. The van der Waals surface area contributed by atoms with Gasteiger partial charge in [-0.25, -0.2) is 4.79 Å². The van der Waals surface area contributed by atoms with Gasteiger partial charge in [-0.2, -0.15) is 0 Å². The van der Waals surface area contributed by atoms with Gasteiger partial charge in [0, 0.05) is 10.8 Å². The molecular weight excluding hydrogens is 208 g/mol. The molecule has 0 spiro atoms. The van der Waals surface area contributed by atoms with Crippen LogP contribution in [0.1, 0.15) is 15.9 Å². The fraction of sp³-hybridized carbons (Fsp3) is 0.0833. The Morgan fingerprint density at radius 3 is 2.38 bits per heavy atom. The van der Waals surface area contributed by atoms with Crippen LogP contribution in [0.4, 0.5) is 0 Å². The largest absolute Gasteiger partial charge is 0.507 e. The van der Waals surface area contributed by atoms with E-state index in [-0.39, 0.29) is 23.7 Å². The van der Waals surface area contributed by atoms with Crippen molar-refractivity contribution in [1.82, 2.24) is 0 Å². The number of esters is 1. The van der Waals surface area contributed by atoms with E-state index >= 15 is 0 Å². The van der Waals surface area contributed by atoms with Crippen molar-refractivity contribution in [2.24, 2.45) is 0 Å². The van der Waals surface area contributed by atoms with Crippen molar-refractivity contribution in [3.8, 4) is 11.5 Å². The number of phenolic OH excluding ortho intramolecular Hbond substituents is 2. The summed E-state index contributed by atoms with van der Waals surface area (Å²) < 4.78 is 4.80. The second-order valence-corrected chi connectivity index (χ2v) is 3.67. The maximum absolute atomic E-state index is 11.4. The Labute approximate surface area is 90.7 Å². The zero-order chi connectivity index (χ0) is 11.3. The van der Waals surface area contributed by atoms with Crippen LogP contribution in [0.2, 0.25) is 0 Å². The van der Waals surface area contributed by atoms with Crippen LogP contribution >= 0.6 is 0 Å². The first kappa shape index (κ1) is 9.03. The molecular formula is C12H8O4. The second-order valence-electron chi connectivity index (χ2n) is 3.67. The fourth-order valence-corrected chi connectivity index (χ4v) is 2.02. The van der Waals surface area contributed by atoms with Crippen LogP contribution in [0.15, 0.2) is 24.3 Å². The number of benzene rings is 2. The third-order valence-electron chi connectivity index (χ3n) is 2.81. The summed E-state index contributed by atoms with van der Waals surface area (Å²) >= 11 is 0. The average Bonchev–Trinajstić information content (AvgIpc) is 2.69. The maximum Gasteiger partial charge on any atom is 0.342 e. The van der Waals surface area contributed by atoms with Crippen LogP contribution in [0.5, 0.6) is 11.5 Å². The predicted octanol–water partition coefficient (Wildman–Crippen LogP) is 1.92. The van der Waals surface area contributed by atoms with Crippen molar-refractivity contribution in [2.75, 3.05) is 0 Å². The molecule has 0 unspecified atom stereocenters. The molecule has 4 nitrogen and oxygen atoms in total. The molecule has 80 valence electrons. The smallest absolute Gasteiger partial charge is 0.342 e. The van der Waals surface area contributed by atoms with Crippen molar-refractivity contribution < 1.29 is 19.7 Å². The van der Waals surface area contributed by atoms with Crippen molar-refractivity contribution in [2.45, 2.75) is 6.61 Å². The summed E-state index contributed by atoms with van der Waals surface area (Å²) in [6.07, 6.45) is 0. The average molecular weight is 216 g/mol. The standard InChI is InChI=1S/C12H8O4/c13-10-6-3-1-2-4-7(6)11(14)9-8(10)5-16-12(9)15/h1-4,13-14H,5H2. The van der Waals surface area contributed by atoms with E-state index < -0.39 is 5.97 Å². The Morgan fingerprint density at radius 1 is 1.06 bits per heavy atom. The van der Waals surface area contributed by atoms with E-state index in [2.05, 4.69) is 0 Å². The topological polar surface area (TPSA) is 66.8 Å². The number of ether oxygens (including phenoxy) is 1. The van der Waals surface area contributed by atoms with Gasteiger partial charge >= 0.3 is 5.97 Å². The Balaban J connectivity index is 2.53. The van der Waals surface area contributed by atoms with Gasteiger partial charge in [-0.15, -0.1) is 0 Å². The normalized spacial score (nSPS) is 13.9. The van der Waals surface area contributed by atoms with E-state index in [1.807, 2.05) is 0 Å². The zero-order valence-corrected chi connectivity index (χ0v) is 8.23.